The highest BCUT2D eigenvalue weighted by Crippen LogP contribution is 2.36. The monoisotopic (exact) mass is 565 g/mol. The minimum Gasteiger partial charge on any atom is -0.376 e. The first kappa shape index (κ1) is 26.2. The Hall–Kier alpha value is -4.03. The number of sulfone groups is 1. The lowest BCUT2D eigenvalue weighted by molar-refractivity contribution is 0.0950. The Kier molecular flexibility index (Phi) is 6.88. The molecule has 0 saturated carbocycles. The van der Waals surface area contributed by atoms with Gasteiger partial charge in [0, 0.05) is 41.0 Å². The van der Waals surface area contributed by atoms with Crippen LogP contribution in [0.1, 0.15) is 45.6 Å². The highest BCUT2D eigenvalue weighted by molar-refractivity contribution is 7.91. The van der Waals surface area contributed by atoms with Gasteiger partial charge in [-0.3, -0.25) is 9.78 Å². The summed E-state index contributed by atoms with van der Waals surface area (Å²) >= 11 is 0. The average molecular weight is 566 g/mol. The van der Waals surface area contributed by atoms with Gasteiger partial charge in [-0.25, -0.2) is 27.2 Å². The number of anilines is 2. The molecule has 0 aliphatic carbocycles. The number of hydrogen-bond acceptors (Lipinski definition) is 8. The van der Waals surface area contributed by atoms with Crippen LogP contribution in [-0.4, -0.2) is 48.2 Å². The van der Waals surface area contributed by atoms with E-state index in [9.17, 15) is 22.0 Å². The number of benzene rings is 1. The maximum Gasteiger partial charge on any atom is 0.264 e. The predicted octanol–water partition coefficient (Wildman–Crippen LogP) is 4.28. The number of carbonyl (C=O) groups is 1. The molecule has 1 N–H and O–H groups in total. The molecule has 0 fully saturated rings. The molecule has 0 bridgehead atoms. The summed E-state index contributed by atoms with van der Waals surface area (Å²) in [4.78, 5) is 28.4. The number of ether oxygens (including phenoxy) is 1. The Morgan fingerprint density at radius 3 is 2.85 bits per heavy atom. The van der Waals surface area contributed by atoms with Crippen molar-refractivity contribution in [3.05, 3.63) is 82.8 Å². The summed E-state index contributed by atoms with van der Waals surface area (Å²) in [6, 6.07) is 11.4. The molecular weight excluding hydrogens is 540 g/mol. The molecular formula is C28H25F2N5O4S. The van der Waals surface area contributed by atoms with Gasteiger partial charge < -0.3 is 15.0 Å². The maximum atomic E-state index is 13.6. The number of nitrogens with zero attached hydrogens (tertiary/aromatic N) is 4. The second kappa shape index (κ2) is 10.5. The van der Waals surface area contributed by atoms with Crippen LogP contribution in [-0.2, 0) is 34.1 Å². The topological polar surface area (TPSA) is 114 Å². The Bertz CT molecular complexity index is 1730. The minimum atomic E-state index is -3.54. The lowest BCUT2D eigenvalue weighted by Gasteiger charge is -2.30. The molecule has 12 heteroatoms. The summed E-state index contributed by atoms with van der Waals surface area (Å²) in [5.41, 5.74) is 2.48. The van der Waals surface area contributed by atoms with E-state index in [4.69, 9.17) is 9.72 Å². The standard InChI is InChI=1S/C28H25F2N5O4S/c29-26(30)21-7-8-31-27-22(21)2-1-9-35(27)25-6-5-18-14-32-20(13-23(18)34-25)15-33-28(36)17-3-4-19-16-39-10-11-40(37,38)24(19)12-17/h3-8,12-14,26H,1-2,9-11,15-16H2,(H,33,36). The number of alkyl halides is 2. The number of rotatable bonds is 5. The van der Waals surface area contributed by atoms with E-state index in [0.29, 0.717) is 53.4 Å². The number of hydrogen-bond donors (Lipinski definition) is 1. The molecule has 2 aliphatic heterocycles. The van der Waals surface area contributed by atoms with Gasteiger partial charge in [0.15, 0.2) is 9.84 Å². The quantitative estimate of drug-likeness (QED) is 0.382. The van der Waals surface area contributed by atoms with Crippen LogP contribution in [0, 0.1) is 0 Å². The van der Waals surface area contributed by atoms with Crippen molar-refractivity contribution in [3.8, 4) is 0 Å². The molecule has 1 amide bonds. The third-order valence-corrected chi connectivity index (χ3v) is 8.86. The number of pyridine rings is 3. The van der Waals surface area contributed by atoms with Gasteiger partial charge in [-0.1, -0.05) is 6.07 Å². The van der Waals surface area contributed by atoms with E-state index in [2.05, 4.69) is 15.3 Å². The lowest BCUT2D eigenvalue weighted by atomic mass is 10.00. The van der Waals surface area contributed by atoms with Crippen LogP contribution in [0.3, 0.4) is 0 Å². The Morgan fingerprint density at radius 1 is 1.12 bits per heavy atom. The average Bonchev–Trinajstić information content (AvgIpc) is 3.11. The van der Waals surface area contributed by atoms with E-state index in [1.165, 1.54) is 18.3 Å². The van der Waals surface area contributed by atoms with Gasteiger partial charge >= 0.3 is 0 Å². The number of fused-ring (bicyclic) bond motifs is 3. The first-order chi connectivity index (χ1) is 19.3. The predicted molar refractivity (Wildman–Crippen MR) is 143 cm³/mol. The maximum absolute atomic E-state index is 13.6. The summed E-state index contributed by atoms with van der Waals surface area (Å²) in [6.07, 6.45) is 1.71. The van der Waals surface area contributed by atoms with Crippen molar-refractivity contribution in [1.82, 2.24) is 20.3 Å². The Balaban J connectivity index is 1.23. The molecule has 206 valence electrons. The first-order valence-electron chi connectivity index (χ1n) is 12.8. The minimum absolute atomic E-state index is 0.00173. The van der Waals surface area contributed by atoms with Crippen LogP contribution in [0.25, 0.3) is 10.9 Å². The van der Waals surface area contributed by atoms with Gasteiger partial charge in [-0.05, 0) is 54.8 Å². The van der Waals surface area contributed by atoms with Crippen molar-refractivity contribution in [1.29, 1.82) is 0 Å². The highest BCUT2D eigenvalue weighted by Gasteiger charge is 2.26. The largest absolute Gasteiger partial charge is 0.376 e. The molecule has 0 saturated heterocycles. The Labute approximate surface area is 229 Å². The molecule has 2 aliphatic rings. The fourth-order valence-corrected chi connectivity index (χ4v) is 6.45. The smallest absolute Gasteiger partial charge is 0.264 e. The van der Waals surface area contributed by atoms with Crippen LogP contribution in [0.15, 0.2) is 59.8 Å². The molecule has 40 heavy (non-hydrogen) atoms. The molecule has 6 rings (SSSR count). The van der Waals surface area contributed by atoms with Crippen LogP contribution in [0.2, 0.25) is 0 Å². The van der Waals surface area contributed by atoms with Gasteiger partial charge in [0.2, 0.25) is 0 Å². The van der Waals surface area contributed by atoms with Crippen LogP contribution in [0.4, 0.5) is 20.4 Å². The Morgan fingerprint density at radius 2 is 2.00 bits per heavy atom. The molecule has 0 spiro atoms. The summed E-state index contributed by atoms with van der Waals surface area (Å²) < 4.78 is 57.6. The molecule has 0 radical (unpaired) electrons. The van der Waals surface area contributed by atoms with Crippen molar-refractivity contribution in [3.63, 3.8) is 0 Å². The molecule has 0 atom stereocenters. The zero-order valence-electron chi connectivity index (χ0n) is 21.3. The normalized spacial score (nSPS) is 16.3. The number of halogens is 2. The molecule has 1 aromatic carbocycles. The van der Waals surface area contributed by atoms with Gasteiger partial charge in [0.1, 0.15) is 11.6 Å². The third kappa shape index (κ3) is 5.00. The zero-order chi connectivity index (χ0) is 27.9. The number of amides is 1. The molecule has 4 aromatic rings. The van der Waals surface area contributed by atoms with E-state index in [-0.39, 0.29) is 41.5 Å². The van der Waals surface area contributed by atoms with Crippen molar-refractivity contribution in [2.75, 3.05) is 23.8 Å². The first-order valence-corrected chi connectivity index (χ1v) is 14.5. The fraction of sp³-hybridized carbons (Fsp3) is 0.286. The van der Waals surface area contributed by atoms with Gasteiger partial charge in [0.25, 0.3) is 12.3 Å². The van der Waals surface area contributed by atoms with Crippen molar-refractivity contribution < 1.29 is 26.7 Å². The van der Waals surface area contributed by atoms with Crippen LogP contribution in [0.5, 0.6) is 0 Å². The van der Waals surface area contributed by atoms with Crippen molar-refractivity contribution in [2.24, 2.45) is 0 Å². The molecule has 0 unspecified atom stereocenters. The molecule has 3 aromatic heterocycles. The van der Waals surface area contributed by atoms with Crippen molar-refractivity contribution >= 4 is 38.3 Å². The molecule has 5 heterocycles. The second-order valence-corrected chi connectivity index (χ2v) is 11.8. The van der Waals surface area contributed by atoms with E-state index in [1.807, 2.05) is 17.0 Å². The SMILES string of the molecule is O=C(NCc1cc2nc(N3CCCc4c(C(F)F)ccnc43)ccc2cn1)c1ccc2c(c1)S(=O)(=O)CCOC2. The number of carbonyl (C=O) groups excluding carboxylic acids is 1. The second-order valence-electron chi connectivity index (χ2n) is 9.67. The van der Waals surface area contributed by atoms with Crippen LogP contribution < -0.4 is 10.2 Å². The van der Waals surface area contributed by atoms with Gasteiger partial charge in [-0.15, -0.1) is 0 Å². The third-order valence-electron chi connectivity index (χ3n) is 7.11. The highest BCUT2D eigenvalue weighted by atomic mass is 32.2. The molecule has 9 nitrogen and oxygen atoms in total. The summed E-state index contributed by atoms with van der Waals surface area (Å²) in [6.45, 7) is 0.986. The fourth-order valence-electron chi connectivity index (χ4n) is 5.06. The van der Waals surface area contributed by atoms with Crippen molar-refractivity contribution in [2.45, 2.75) is 37.3 Å². The number of nitrogens with one attached hydrogen (secondary N) is 1. The lowest BCUT2D eigenvalue weighted by Crippen LogP contribution is -2.27. The zero-order valence-corrected chi connectivity index (χ0v) is 22.1. The van der Waals surface area contributed by atoms with E-state index in [0.717, 1.165) is 5.39 Å². The summed E-state index contributed by atoms with van der Waals surface area (Å²) in [7, 11) is -3.54. The number of aromatic nitrogens is 3. The van der Waals surface area contributed by atoms with Gasteiger partial charge in [0.05, 0.1) is 41.6 Å². The van der Waals surface area contributed by atoms with E-state index in [1.54, 1.807) is 24.4 Å². The summed E-state index contributed by atoms with van der Waals surface area (Å²) in [5, 5.41) is 3.57. The van der Waals surface area contributed by atoms with Gasteiger partial charge in [-0.2, -0.15) is 0 Å². The van der Waals surface area contributed by atoms with E-state index >= 15 is 0 Å². The summed E-state index contributed by atoms with van der Waals surface area (Å²) in [5.74, 6) is 0.515. The van der Waals surface area contributed by atoms with Crippen LogP contribution >= 0.6 is 0 Å². The van der Waals surface area contributed by atoms with E-state index < -0.39 is 22.2 Å².